The summed E-state index contributed by atoms with van der Waals surface area (Å²) < 4.78 is 18.5. The van der Waals surface area contributed by atoms with E-state index in [-0.39, 0.29) is 17.9 Å². The first-order valence-corrected chi connectivity index (χ1v) is 6.74. The van der Waals surface area contributed by atoms with Crippen molar-refractivity contribution in [1.82, 2.24) is 0 Å². The van der Waals surface area contributed by atoms with Crippen LogP contribution in [-0.2, 0) is 0 Å². The molecule has 1 N–H and O–H groups in total. The molecule has 1 aromatic carbocycles. The molecule has 0 radical (unpaired) electrons. The van der Waals surface area contributed by atoms with Crippen LogP contribution in [0.1, 0.15) is 42.5 Å². The first kappa shape index (κ1) is 14.0. The van der Waals surface area contributed by atoms with E-state index in [2.05, 4.69) is 0 Å². The van der Waals surface area contributed by atoms with Crippen LogP contribution in [0.25, 0.3) is 0 Å². The first-order valence-electron chi connectivity index (χ1n) is 6.74. The average molecular weight is 266 g/mol. The van der Waals surface area contributed by atoms with E-state index in [0.717, 1.165) is 12.5 Å². The third kappa shape index (κ3) is 4.31. The number of ether oxygens (including phenoxy) is 1. The zero-order valence-electron chi connectivity index (χ0n) is 10.8. The van der Waals surface area contributed by atoms with Crippen LogP contribution in [0.2, 0.25) is 0 Å². The van der Waals surface area contributed by atoms with E-state index in [1.165, 1.54) is 37.8 Å². The van der Waals surface area contributed by atoms with Crippen molar-refractivity contribution in [2.24, 2.45) is 5.92 Å². The van der Waals surface area contributed by atoms with Gasteiger partial charge in [0.25, 0.3) is 0 Å². The van der Waals surface area contributed by atoms with Crippen molar-refractivity contribution in [3.05, 3.63) is 29.6 Å². The van der Waals surface area contributed by atoms with E-state index in [1.54, 1.807) is 0 Å². The minimum Gasteiger partial charge on any atom is -0.491 e. The number of benzene rings is 1. The lowest BCUT2D eigenvalue weighted by Gasteiger charge is -2.16. The summed E-state index contributed by atoms with van der Waals surface area (Å²) in [4.78, 5) is 10.6. The molecule has 1 aliphatic rings. The Bertz CT molecular complexity index is 427. The Morgan fingerprint density at radius 3 is 2.79 bits per heavy atom. The van der Waals surface area contributed by atoms with Crippen molar-refractivity contribution < 1.29 is 19.0 Å². The molecule has 1 fully saturated rings. The van der Waals surface area contributed by atoms with Gasteiger partial charge >= 0.3 is 0 Å². The third-order valence-corrected chi connectivity index (χ3v) is 3.55. The van der Waals surface area contributed by atoms with Crippen molar-refractivity contribution in [2.45, 2.75) is 38.2 Å². The molecule has 0 bridgehead atoms. The van der Waals surface area contributed by atoms with Crippen molar-refractivity contribution in [3.8, 4) is 5.75 Å². The summed E-state index contributed by atoms with van der Waals surface area (Å²) in [6, 6.07) is 3.84. The molecule has 1 unspecified atom stereocenters. The summed E-state index contributed by atoms with van der Waals surface area (Å²) in [5.74, 6) is 0.356. The summed E-state index contributed by atoms with van der Waals surface area (Å²) in [5, 5.41) is 9.88. The van der Waals surface area contributed by atoms with Gasteiger partial charge in [-0.1, -0.05) is 25.7 Å². The molecule has 1 aromatic rings. The number of aliphatic hydroxyl groups is 1. The zero-order chi connectivity index (χ0) is 13.7. The van der Waals surface area contributed by atoms with Gasteiger partial charge in [-0.25, -0.2) is 4.39 Å². The topological polar surface area (TPSA) is 46.5 Å². The number of rotatable bonds is 6. The Balaban J connectivity index is 1.83. The van der Waals surface area contributed by atoms with Gasteiger partial charge in [-0.3, -0.25) is 4.79 Å². The number of aldehydes is 1. The molecule has 1 saturated carbocycles. The van der Waals surface area contributed by atoms with E-state index in [1.807, 2.05) is 0 Å². The van der Waals surface area contributed by atoms with Crippen LogP contribution in [0.4, 0.5) is 4.39 Å². The van der Waals surface area contributed by atoms with Gasteiger partial charge in [-0.15, -0.1) is 0 Å². The molecule has 0 spiro atoms. The van der Waals surface area contributed by atoms with Crippen LogP contribution in [-0.4, -0.2) is 24.1 Å². The average Bonchev–Trinajstić information content (AvgIpc) is 2.88. The van der Waals surface area contributed by atoms with Gasteiger partial charge < -0.3 is 9.84 Å². The Kier molecular flexibility index (Phi) is 4.91. The van der Waals surface area contributed by atoms with Crippen LogP contribution in [0, 0.1) is 11.7 Å². The van der Waals surface area contributed by atoms with Crippen LogP contribution < -0.4 is 4.74 Å². The molecule has 1 aliphatic carbocycles. The molecule has 0 amide bonds. The van der Waals surface area contributed by atoms with Crippen molar-refractivity contribution in [2.75, 3.05) is 6.61 Å². The van der Waals surface area contributed by atoms with Gasteiger partial charge in [-0.05, 0) is 24.5 Å². The highest BCUT2D eigenvalue weighted by Crippen LogP contribution is 2.28. The second-order valence-corrected chi connectivity index (χ2v) is 5.19. The number of carbonyl (C=O) groups is 1. The summed E-state index contributed by atoms with van der Waals surface area (Å²) in [7, 11) is 0. The smallest absolute Gasteiger partial charge is 0.150 e. The van der Waals surface area contributed by atoms with Gasteiger partial charge in [0.15, 0.2) is 0 Å². The summed E-state index contributed by atoms with van der Waals surface area (Å²) in [5.41, 5.74) is 0.236. The number of aliphatic hydroxyl groups excluding tert-OH is 1. The summed E-state index contributed by atoms with van der Waals surface area (Å²) in [6.45, 7) is 0.137. The molecule has 1 atom stereocenters. The van der Waals surface area contributed by atoms with E-state index in [4.69, 9.17) is 4.74 Å². The Morgan fingerprint density at radius 1 is 1.37 bits per heavy atom. The van der Waals surface area contributed by atoms with E-state index in [9.17, 15) is 14.3 Å². The largest absolute Gasteiger partial charge is 0.491 e. The fourth-order valence-corrected chi connectivity index (χ4v) is 2.63. The molecule has 0 aliphatic heterocycles. The summed E-state index contributed by atoms with van der Waals surface area (Å²) >= 11 is 0. The highest BCUT2D eigenvalue weighted by Gasteiger charge is 2.19. The van der Waals surface area contributed by atoms with Crippen LogP contribution in [0.15, 0.2) is 18.2 Å². The lowest BCUT2D eigenvalue weighted by molar-refractivity contribution is 0.0853. The van der Waals surface area contributed by atoms with Crippen molar-refractivity contribution >= 4 is 6.29 Å². The monoisotopic (exact) mass is 266 g/mol. The molecule has 3 nitrogen and oxygen atoms in total. The molecule has 104 valence electrons. The van der Waals surface area contributed by atoms with Crippen LogP contribution in [0.3, 0.4) is 0 Å². The Hall–Kier alpha value is -1.42. The van der Waals surface area contributed by atoms with Crippen LogP contribution >= 0.6 is 0 Å². The number of hydrogen-bond acceptors (Lipinski definition) is 3. The second-order valence-electron chi connectivity index (χ2n) is 5.19. The first-order chi connectivity index (χ1) is 9.17. The van der Waals surface area contributed by atoms with Crippen molar-refractivity contribution in [3.63, 3.8) is 0 Å². The maximum atomic E-state index is 13.2. The Labute approximate surface area is 112 Å². The lowest BCUT2D eigenvalue weighted by atomic mass is 10.0. The predicted octanol–water partition coefficient (Wildman–Crippen LogP) is 2.96. The quantitative estimate of drug-likeness (QED) is 0.805. The van der Waals surface area contributed by atoms with E-state index < -0.39 is 11.9 Å². The minimum absolute atomic E-state index is 0.137. The molecular formula is C15H19FO3. The fourth-order valence-electron chi connectivity index (χ4n) is 2.63. The lowest BCUT2D eigenvalue weighted by Crippen LogP contribution is -2.20. The third-order valence-electron chi connectivity index (χ3n) is 3.55. The molecular weight excluding hydrogens is 247 g/mol. The van der Waals surface area contributed by atoms with Crippen LogP contribution in [0.5, 0.6) is 5.75 Å². The number of hydrogen-bond donors (Lipinski definition) is 1. The van der Waals surface area contributed by atoms with Gasteiger partial charge in [0.2, 0.25) is 0 Å². The molecule has 0 saturated heterocycles. The molecule has 2 rings (SSSR count). The number of halogens is 1. The van der Waals surface area contributed by atoms with E-state index in [0.29, 0.717) is 12.2 Å². The summed E-state index contributed by atoms with van der Waals surface area (Å²) in [6.07, 6.45) is 5.60. The highest BCUT2D eigenvalue weighted by molar-refractivity contribution is 5.75. The molecule has 0 heterocycles. The maximum absolute atomic E-state index is 13.2. The van der Waals surface area contributed by atoms with Gasteiger partial charge in [-0.2, -0.15) is 0 Å². The van der Waals surface area contributed by atoms with Gasteiger partial charge in [0, 0.05) is 11.6 Å². The van der Waals surface area contributed by atoms with Gasteiger partial charge in [0.05, 0.1) is 6.10 Å². The van der Waals surface area contributed by atoms with Crippen molar-refractivity contribution in [1.29, 1.82) is 0 Å². The maximum Gasteiger partial charge on any atom is 0.150 e. The molecule has 0 aromatic heterocycles. The fraction of sp³-hybridized carbons (Fsp3) is 0.533. The standard InChI is InChI=1S/C15H19FO3/c16-13-5-12(9-17)7-15(8-13)19-10-14(18)6-11-3-1-2-4-11/h5,7-9,11,14,18H,1-4,6,10H2. The molecule has 4 heteroatoms. The Morgan fingerprint density at radius 2 is 2.11 bits per heavy atom. The van der Waals surface area contributed by atoms with Gasteiger partial charge in [0.1, 0.15) is 24.5 Å². The minimum atomic E-state index is -0.536. The SMILES string of the molecule is O=Cc1cc(F)cc(OCC(O)CC2CCCC2)c1. The number of carbonyl (C=O) groups excluding carboxylic acids is 1. The normalized spacial score (nSPS) is 17.4. The molecule has 19 heavy (non-hydrogen) atoms. The second kappa shape index (κ2) is 6.66. The zero-order valence-corrected chi connectivity index (χ0v) is 10.8. The highest BCUT2D eigenvalue weighted by atomic mass is 19.1. The predicted molar refractivity (Wildman–Crippen MR) is 69.9 cm³/mol. The van der Waals surface area contributed by atoms with E-state index >= 15 is 0 Å².